The quantitative estimate of drug-likeness (QED) is 0.494. The molecule has 0 unspecified atom stereocenters. The molecule has 0 aliphatic rings. The van der Waals surface area contributed by atoms with E-state index in [0.29, 0.717) is 5.69 Å². The van der Waals surface area contributed by atoms with Crippen LogP contribution in [0.15, 0.2) is 24.3 Å². The molecule has 0 heterocycles. The summed E-state index contributed by atoms with van der Waals surface area (Å²) in [4.78, 5) is 0. The molecule has 100 valence electrons. The van der Waals surface area contributed by atoms with Crippen LogP contribution in [-0.4, -0.2) is 0 Å². The summed E-state index contributed by atoms with van der Waals surface area (Å²) in [7, 11) is 0. The first-order valence-corrected chi connectivity index (χ1v) is 5.36. The molecular formula is C13H10F4N2. The molecule has 0 aliphatic heterocycles. The number of benzene rings is 2. The summed E-state index contributed by atoms with van der Waals surface area (Å²) in [5.74, 6) is -5.92. The van der Waals surface area contributed by atoms with Crippen LogP contribution in [0.3, 0.4) is 0 Å². The third kappa shape index (κ3) is 2.47. The number of aryl methyl sites for hydroxylation is 1. The molecule has 19 heavy (non-hydrogen) atoms. The second kappa shape index (κ2) is 4.79. The number of anilines is 3. The van der Waals surface area contributed by atoms with E-state index in [4.69, 9.17) is 5.73 Å². The molecule has 0 saturated carbocycles. The molecule has 2 nitrogen and oxygen atoms in total. The Morgan fingerprint density at radius 3 is 2.05 bits per heavy atom. The van der Waals surface area contributed by atoms with Gasteiger partial charge in [0.15, 0.2) is 23.3 Å². The molecule has 0 radical (unpaired) electrons. The smallest absolute Gasteiger partial charge is 0.185 e. The first-order valence-electron chi connectivity index (χ1n) is 5.36. The normalized spacial score (nSPS) is 10.6. The van der Waals surface area contributed by atoms with E-state index in [-0.39, 0.29) is 11.8 Å². The first kappa shape index (κ1) is 13.2. The number of hydrogen-bond acceptors (Lipinski definition) is 2. The van der Waals surface area contributed by atoms with E-state index in [2.05, 4.69) is 5.32 Å². The van der Waals surface area contributed by atoms with Crippen molar-refractivity contribution >= 4 is 17.1 Å². The Hall–Kier alpha value is -2.24. The largest absolute Gasteiger partial charge is 0.398 e. The molecule has 2 aromatic rings. The SMILES string of the molecule is Cc1ccc(Nc2c(F)c(F)cc(F)c2F)cc1N. The van der Waals surface area contributed by atoms with Gasteiger partial charge in [0.05, 0.1) is 0 Å². The predicted octanol–water partition coefficient (Wildman–Crippen LogP) is 3.88. The summed E-state index contributed by atoms with van der Waals surface area (Å²) in [5, 5.41) is 2.28. The van der Waals surface area contributed by atoms with Crippen molar-refractivity contribution in [3.8, 4) is 0 Å². The van der Waals surface area contributed by atoms with E-state index in [0.717, 1.165) is 5.56 Å². The van der Waals surface area contributed by atoms with Crippen LogP contribution in [0.4, 0.5) is 34.6 Å². The Labute approximate surface area is 106 Å². The second-order valence-electron chi connectivity index (χ2n) is 4.04. The Kier molecular flexibility index (Phi) is 3.33. The van der Waals surface area contributed by atoms with E-state index >= 15 is 0 Å². The van der Waals surface area contributed by atoms with E-state index in [1.165, 1.54) is 12.1 Å². The number of nitrogens with one attached hydrogen (secondary N) is 1. The average molecular weight is 270 g/mol. The molecular weight excluding hydrogens is 260 g/mol. The molecule has 6 heteroatoms. The Morgan fingerprint density at radius 1 is 0.947 bits per heavy atom. The van der Waals surface area contributed by atoms with Gasteiger partial charge in [0.2, 0.25) is 0 Å². The summed E-state index contributed by atoms with van der Waals surface area (Å²) in [6, 6.07) is 4.67. The van der Waals surface area contributed by atoms with Crippen LogP contribution in [0.2, 0.25) is 0 Å². The average Bonchev–Trinajstić information content (AvgIpc) is 2.36. The number of nitrogens with two attached hydrogens (primary N) is 1. The molecule has 2 aromatic carbocycles. The highest BCUT2D eigenvalue weighted by Crippen LogP contribution is 2.28. The topological polar surface area (TPSA) is 38.0 Å². The highest BCUT2D eigenvalue weighted by molar-refractivity contribution is 5.66. The van der Waals surface area contributed by atoms with Crippen LogP contribution in [0.5, 0.6) is 0 Å². The zero-order valence-electron chi connectivity index (χ0n) is 9.90. The van der Waals surface area contributed by atoms with Crippen LogP contribution >= 0.6 is 0 Å². The van der Waals surface area contributed by atoms with Crippen molar-refractivity contribution in [1.82, 2.24) is 0 Å². The summed E-state index contributed by atoms with van der Waals surface area (Å²) in [6.45, 7) is 1.75. The lowest BCUT2D eigenvalue weighted by atomic mass is 10.1. The minimum absolute atomic E-state index is 0.152. The van der Waals surface area contributed by atoms with Crippen molar-refractivity contribution in [2.75, 3.05) is 11.1 Å². The lowest BCUT2D eigenvalue weighted by molar-refractivity contribution is 0.459. The molecule has 2 rings (SSSR count). The van der Waals surface area contributed by atoms with Gasteiger partial charge in [-0.05, 0) is 24.6 Å². The van der Waals surface area contributed by atoms with Crippen molar-refractivity contribution in [2.45, 2.75) is 6.92 Å². The minimum atomic E-state index is -1.49. The molecule has 3 N–H and O–H groups in total. The maximum Gasteiger partial charge on any atom is 0.185 e. The molecule has 0 fully saturated rings. The van der Waals surface area contributed by atoms with Crippen molar-refractivity contribution in [2.24, 2.45) is 0 Å². The lowest BCUT2D eigenvalue weighted by Crippen LogP contribution is -2.03. The van der Waals surface area contributed by atoms with Gasteiger partial charge in [-0.1, -0.05) is 6.07 Å². The fourth-order valence-electron chi connectivity index (χ4n) is 1.55. The lowest BCUT2D eigenvalue weighted by Gasteiger charge is -2.11. The predicted molar refractivity (Wildman–Crippen MR) is 65.1 cm³/mol. The van der Waals surface area contributed by atoms with Gasteiger partial charge in [-0.2, -0.15) is 0 Å². The maximum atomic E-state index is 13.4. The number of nitrogen functional groups attached to an aromatic ring is 1. The maximum absolute atomic E-state index is 13.4. The highest BCUT2D eigenvalue weighted by atomic mass is 19.2. The minimum Gasteiger partial charge on any atom is -0.398 e. The van der Waals surface area contributed by atoms with Crippen molar-refractivity contribution in [3.63, 3.8) is 0 Å². The molecule has 0 spiro atoms. The van der Waals surface area contributed by atoms with Gasteiger partial charge in [-0.15, -0.1) is 0 Å². The van der Waals surface area contributed by atoms with Crippen LogP contribution in [0.1, 0.15) is 5.56 Å². The molecule has 0 aromatic heterocycles. The van der Waals surface area contributed by atoms with E-state index in [1.807, 2.05) is 0 Å². The standard InChI is InChI=1S/C13H10F4N2/c1-6-2-3-7(4-10(6)18)19-13-11(16)8(14)5-9(15)12(13)17/h2-5,19H,18H2,1H3. The van der Waals surface area contributed by atoms with Gasteiger partial charge in [0.1, 0.15) is 5.69 Å². The van der Waals surface area contributed by atoms with E-state index in [1.54, 1.807) is 13.0 Å². The monoisotopic (exact) mass is 270 g/mol. The van der Waals surface area contributed by atoms with Gasteiger partial charge >= 0.3 is 0 Å². The fraction of sp³-hybridized carbons (Fsp3) is 0.0769. The van der Waals surface area contributed by atoms with Crippen molar-refractivity contribution in [3.05, 3.63) is 53.1 Å². The van der Waals surface area contributed by atoms with Crippen LogP contribution in [-0.2, 0) is 0 Å². The van der Waals surface area contributed by atoms with E-state index in [9.17, 15) is 17.6 Å². The van der Waals surface area contributed by atoms with Crippen LogP contribution in [0.25, 0.3) is 0 Å². The number of halogens is 4. The van der Waals surface area contributed by atoms with Crippen LogP contribution < -0.4 is 11.1 Å². The molecule has 0 atom stereocenters. The number of hydrogen-bond donors (Lipinski definition) is 2. The summed E-state index contributed by atoms with van der Waals surface area (Å²) >= 11 is 0. The van der Waals surface area contributed by atoms with Gasteiger partial charge in [-0.3, -0.25) is 0 Å². The molecule has 0 saturated heterocycles. The van der Waals surface area contributed by atoms with Crippen molar-refractivity contribution < 1.29 is 17.6 Å². The fourth-order valence-corrected chi connectivity index (χ4v) is 1.55. The Balaban J connectivity index is 2.46. The summed E-state index contributed by atoms with van der Waals surface area (Å²) < 4.78 is 52.9. The molecule has 0 aliphatic carbocycles. The van der Waals surface area contributed by atoms with E-state index < -0.39 is 29.0 Å². The molecule has 0 bridgehead atoms. The zero-order valence-corrected chi connectivity index (χ0v) is 9.90. The first-order chi connectivity index (χ1) is 8.90. The third-order valence-electron chi connectivity index (χ3n) is 2.66. The second-order valence-corrected chi connectivity index (χ2v) is 4.04. The number of rotatable bonds is 2. The zero-order chi connectivity index (χ0) is 14.2. The molecule has 0 amide bonds. The van der Waals surface area contributed by atoms with Crippen LogP contribution in [0, 0.1) is 30.2 Å². The summed E-state index contributed by atoms with van der Waals surface area (Å²) in [6.07, 6.45) is 0. The Bertz CT molecular complexity index is 615. The van der Waals surface area contributed by atoms with Gasteiger partial charge in [0.25, 0.3) is 0 Å². The van der Waals surface area contributed by atoms with Gasteiger partial charge in [-0.25, -0.2) is 17.6 Å². The van der Waals surface area contributed by atoms with Crippen molar-refractivity contribution in [1.29, 1.82) is 0 Å². The third-order valence-corrected chi connectivity index (χ3v) is 2.66. The summed E-state index contributed by atoms with van der Waals surface area (Å²) in [5.41, 5.74) is 6.14. The van der Waals surface area contributed by atoms with Gasteiger partial charge in [0, 0.05) is 17.4 Å². The highest BCUT2D eigenvalue weighted by Gasteiger charge is 2.19. The Morgan fingerprint density at radius 2 is 1.53 bits per heavy atom. The van der Waals surface area contributed by atoms with Gasteiger partial charge < -0.3 is 11.1 Å².